The molecule has 3 heterocycles. The summed E-state index contributed by atoms with van der Waals surface area (Å²) in [5.41, 5.74) is 10.6. The molecular formula is C20H18F4N6O. The smallest absolute Gasteiger partial charge is 0.383 e. The first-order chi connectivity index (χ1) is 14.6. The van der Waals surface area contributed by atoms with Crippen molar-refractivity contribution in [1.82, 2.24) is 19.9 Å². The first-order valence-electron chi connectivity index (χ1n) is 9.49. The molecule has 4 N–H and O–H groups in total. The topological polar surface area (TPSA) is 111 Å². The SMILES string of the molecule is Nc1nc(N)c2c(C(F)(F)F)cc(C3CCN(C(=O)c4ccc(F)cc4)CC3)nc2n1. The highest BCUT2D eigenvalue weighted by Crippen LogP contribution is 2.39. The number of nitrogens with two attached hydrogens (primary N) is 2. The Kier molecular flexibility index (Phi) is 5.11. The average Bonchev–Trinajstić information content (AvgIpc) is 2.72. The van der Waals surface area contributed by atoms with Crippen molar-refractivity contribution in [2.75, 3.05) is 24.6 Å². The van der Waals surface area contributed by atoms with Gasteiger partial charge in [-0.25, -0.2) is 9.37 Å². The third-order valence-corrected chi connectivity index (χ3v) is 5.33. The number of amides is 1. The van der Waals surface area contributed by atoms with E-state index >= 15 is 0 Å². The highest BCUT2D eigenvalue weighted by atomic mass is 19.4. The van der Waals surface area contributed by atoms with Gasteiger partial charge in [-0.2, -0.15) is 23.1 Å². The predicted octanol–water partition coefficient (Wildman–Crippen LogP) is 3.37. The number of anilines is 2. The second kappa shape index (κ2) is 7.64. The lowest BCUT2D eigenvalue weighted by atomic mass is 9.91. The maximum Gasteiger partial charge on any atom is 0.417 e. The van der Waals surface area contributed by atoms with E-state index in [1.54, 1.807) is 4.90 Å². The van der Waals surface area contributed by atoms with Crippen molar-refractivity contribution in [3.8, 4) is 0 Å². The summed E-state index contributed by atoms with van der Waals surface area (Å²) in [6, 6.07) is 6.19. The molecule has 4 rings (SSSR count). The van der Waals surface area contributed by atoms with Gasteiger partial charge in [0.2, 0.25) is 5.95 Å². The molecule has 11 heteroatoms. The minimum absolute atomic E-state index is 0.209. The lowest BCUT2D eigenvalue weighted by molar-refractivity contribution is -0.136. The van der Waals surface area contributed by atoms with Gasteiger partial charge in [0.05, 0.1) is 10.9 Å². The van der Waals surface area contributed by atoms with E-state index in [0.29, 0.717) is 31.5 Å². The number of aromatic nitrogens is 3. The van der Waals surface area contributed by atoms with Crippen LogP contribution in [-0.4, -0.2) is 38.8 Å². The van der Waals surface area contributed by atoms with Crippen LogP contribution >= 0.6 is 0 Å². The number of nitrogens with zero attached hydrogens (tertiary/aromatic N) is 4. The molecule has 0 unspecified atom stereocenters. The Labute approximate surface area is 174 Å². The number of carbonyl (C=O) groups is 1. The van der Waals surface area contributed by atoms with E-state index in [0.717, 1.165) is 6.07 Å². The number of fused-ring (bicyclic) bond motifs is 1. The van der Waals surface area contributed by atoms with Crippen molar-refractivity contribution in [1.29, 1.82) is 0 Å². The Morgan fingerprint density at radius 3 is 2.29 bits per heavy atom. The summed E-state index contributed by atoms with van der Waals surface area (Å²) in [4.78, 5) is 25.9. The normalized spacial score (nSPS) is 15.4. The first kappa shape index (κ1) is 20.8. The summed E-state index contributed by atoms with van der Waals surface area (Å²) in [5, 5.41) is -0.380. The molecular weight excluding hydrogens is 416 g/mol. The molecule has 7 nitrogen and oxygen atoms in total. The number of piperidine rings is 1. The fourth-order valence-electron chi connectivity index (χ4n) is 3.78. The van der Waals surface area contributed by atoms with Gasteiger partial charge < -0.3 is 16.4 Å². The molecule has 1 amide bonds. The monoisotopic (exact) mass is 434 g/mol. The van der Waals surface area contributed by atoms with Crippen LogP contribution < -0.4 is 11.5 Å². The van der Waals surface area contributed by atoms with E-state index in [9.17, 15) is 22.4 Å². The van der Waals surface area contributed by atoms with Crippen LogP contribution in [0.2, 0.25) is 0 Å². The number of nitrogen functional groups attached to an aromatic ring is 2. The average molecular weight is 434 g/mol. The van der Waals surface area contributed by atoms with Crippen molar-refractivity contribution in [2.24, 2.45) is 0 Å². The number of likely N-dealkylation sites (tertiary alicyclic amines) is 1. The number of hydrogen-bond acceptors (Lipinski definition) is 6. The van der Waals surface area contributed by atoms with Crippen molar-refractivity contribution in [3.05, 3.63) is 53.0 Å². The fraction of sp³-hybridized carbons (Fsp3) is 0.300. The van der Waals surface area contributed by atoms with Gasteiger partial charge in [0, 0.05) is 30.3 Å². The second-order valence-corrected chi connectivity index (χ2v) is 7.33. The quantitative estimate of drug-likeness (QED) is 0.599. The molecule has 162 valence electrons. The molecule has 0 atom stereocenters. The summed E-state index contributed by atoms with van der Waals surface area (Å²) < 4.78 is 54.1. The molecule has 0 bridgehead atoms. The van der Waals surface area contributed by atoms with Gasteiger partial charge in [0.15, 0.2) is 5.65 Å². The maximum atomic E-state index is 13.7. The number of hydrogen-bond donors (Lipinski definition) is 2. The Morgan fingerprint density at radius 1 is 1.03 bits per heavy atom. The summed E-state index contributed by atoms with van der Waals surface area (Å²) in [6.07, 6.45) is -3.85. The molecule has 1 aliphatic rings. The van der Waals surface area contributed by atoms with Gasteiger partial charge in [0.25, 0.3) is 5.91 Å². The third kappa shape index (κ3) is 4.07. The van der Waals surface area contributed by atoms with Gasteiger partial charge in [-0.15, -0.1) is 0 Å². The fourth-order valence-corrected chi connectivity index (χ4v) is 3.78. The lowest BCUT2D eigenvalue weighted by Crippen LogP contribution is -2.38. The van der Waals surface area contributed by atoms with E-state index < -0.39 is 17.6 Å². The minimum atomic E-state index is -4.68. The van der Waals surface area contributed by atoms with Crippen LogP contribution in [-0.2, 0) is 6.18 Å². The molecule has 0 spiro atoms. The van der Waals surface area contributed by atoms with Crippen molar-refractivity contribution >= 4 is 28.7 Å². The Hall–Kier alpha value is -3.50. The van der Waals surface area contributed by atoms with E-state index in [1.165, 1.54) is 24.3 Å². The molecule has 31 heavy (non-hydrogen) atoms. The minimum Gasteiger partial charge on any atom is -0.383 e. The summed E-state index contributed by atoms with van der Waals surface area (Å²) in [6.45, 7) is 0.659. The van der Waals surface area contributed by atoms with E-state index in [4.69, 9.17) is 11.5 Å². The van der Waals surface area contributed by atoms with Crippen LogP contribution in [0.3, 0.4) is 0 Å². The highest BCUT2D eigenvalue weighted by Gasteiger charge is 2.36. The summed E-state index contributed by atoms with van der Waals surface area (Å²) in [5.74, 6) is -1.64. The highest BCUT2D eigenvalue weighted by molar-refractivity contribution is 5.94. The number of alkyl halides is 3. The van der Waals surface area contributed by atoms with Crippen molar-refractivity contribution in [2.45, 2.75) is 24.9 Å². The molecule has 0 saturated carbocycles. The van der Waals surface area contributed by atoms with E-state index in [-0.39, 0.29) is 40.3 Å². The number of halogens is 4. The Balaban J connectivity index is 1.60. The van der Waals surface area contributed by atoms with Crippen molar-refractivity contribution in [3.63, 3.8) is 0 Å². The maximum absolute atomic E-state index is 13.7. The molecule has 2 aromatic heterocycles. The van der Waals surface area contributed by atoms with Crippen LogP contribution in [0.1, 0.15) is 40.4 Å². The van der Waals surface area contributed by atoms with Crippen molar-refractivity contribution < 1.29 is 22.4 Å². The molecule has 0 aliphatic carbocycles. The molecule has 1 saturated heterocycles. The van der Waals surface area contributed by atoms with Crippen LogP contribution in [0.4, 0.5) is 29.3 Å². The van der Waals surface area contributed by atoms with E-state index in [1.807, 2.05) is 0 Å². The lowest BCUT2D eigenvalue weighted by Gasteiger charge is -2.32. The summed E-state index contributed by atoms with van der Waals surface area (Å²) in [7, 11) is 0. The Morgan fingerprint density at radius 2 is 1.68 bits per heavy atom. The third-order valence-electron chi connectivity index (χ3n) is 5.33. The summed E-state index contributed by atoms with van der Waals surface area (Å²) >= 11 is 0. The molecule has 1 aromatic carbocycles. The van der Waals surface area contributed by atoms with Crippen LogP contribution in [0.5, 0.6) is 0 Å². The number of benzene rings is 1. The van der Waals surface area contributed by atoms with E-state index in [2.05, 4.69) is 15.0 Å². The zero-order chi connectivity index (χ0) is 22.3. The predicted molar refractivity (Wildman–Crippen MR) is 105 cm³/mol. The number of rotatable bonds is 2. The zero-order valence-electron chi connectivity index (χ0n) is 16.2. The number of pyridine rings is 1. The molecule has 1 aliphatic heterocycles. The van der Waals surface area contributed by atoms with Gasteiger partial charge in [-0.3, -0.25) is 4.79 Å². The first-order valence-corrected chi connectivity index (χ1v) is 9.49. The van der Waals surface area contributed by atoms with Gasteiger partial charge in [-0.05, 0) is 43.2 Å². The molecule has 1 fully saturated rings. The van der Waals surface area contributed by atoms with Gasteiger partial charge in [0.1, 0.15) is 11.6 Å². The number of carbonyl (C=O) groups excluding carboxylic acids is 1. The molecule has 0 radical (unpaired) electrons. The van der Waals surface area contributed by atoms with Gasteiger partial charge >= 0.3 is 6.18 Å². The van der Waals surface area contributed by atoms with Gasteiger partial charge in [-0.1, -0.05) is 0 Å². The van der Waals surface area contributed by atoms with Crippen LogP contribution in [0.15, 0.2) is 30.3 Å². The van der Waals surface area contributed by atoms with Crippen LogP contribution in [0, 0.1) is 5.82 Å². The molecule has 3 aromatic rings. The zero-order valence-corrected chi connectivity index (χ0v) is 16.2. The second-order valence-electron chi connectivity index (χ2n) is 7.33. The van der Waals surface area contributed by atoms with Crippen LogP contribution in [0.25, 0.3) is 11.0 Å². The Bertz CT molecular complexity index is 1140. The largest absolute Gasteiger partial charge is 0.417 e. The standard InChI is InChI=1S/C20H18F4N6O/c21-12-3-1-11(2-4-12)18(31)30-7-5-10(6-8-30)14-9-13(20(22,23)24)15-16(25)28-19(26)29-17(15)27-14/h1-4,9-10H,5-8H2,(H4,25,26,27,28,29).